The Labute approximate surface area is 226 Å². The second-order valence-electron chi connectivity index (χ2n) is 11.0. The molecule has 0 bridgehead atoms. The van der Waals surface area contributed by atoms with E-state index in [1.54, 1.807) is 33.9 Å². The van der Waals surface area contributed by atoms with Crippen molar-refractivity contribution in [2.75, 3.05) is 0 Å². The summed E-state index contributed by atoms with van der Waals surface area (Å²) in [6, 6.07) is 4.71. The van der Waals surface area contributed by atoms with Crippen LogP contribution in [0, 0.1) is 17.1 Å². The third-order valence-corrected chi connectivity index (χ3v) is 6.94. The third kappa shape index (κ3) is 4.02. The van der Waals surface area contributed by atoms with Gasteiger partial charge in [0, 0.05) is 24.2 Å². The van der Waals surface area contributed by atoms with E-state index in [9.17, 15) is 19.6 Å². The molecular formula is C28H23FN6O5. The number of hydrogen-bond acceptors (Lipinski definition) is 9. The van der Waals surface area contributed by atoms with Gasteiger partial charge < -0.3 is 9.47 Å². The van der Waals surface area contributed by atoms with Gasteiger partial charge >= 0.3 is 6.09 Å². The highest BCUT2D eigenvalue weighted by atomic mass is 19.1. The Morgan fingerprint density at radius 2 is 1.90 bits per heavy atom. The number of aryl methyl sites for hydroxylation is 1. The fourth-order valence-corrected chi connectivity index (χ4v) is 4.89. The van der Waals surface area contributed by atoms with Crippen molar-refractivity contribution in [3.8, 4) is 34.3 Å². The number of pyridine rings is 1. The molecule has 1 fully saturated rings. The molecule has 12 heteroatoms. The van der Waals surface area contributed by atoms with Crippen LogP contribution in [0.2, 0.25) is 0 Å². The van der Waals surface area contributed by atoms with Crippen molar-refractivity contribution >= 4 is 22.6 Å². The Hall–Kier alpha value is -4.92. The Bertz CT molecular complexity index is 1870. The molecule has 1 aromatic carbocycles. The highest BCUT2D eigenvalue weighted by Gasteiger charge is 2.51. The first-order chi connectivity index (χ1) is 18.9. The van der Waals surface area contributed by atoms with E-state index < -0.39 is 28.7 Å². The maximum atomic E-state index is 15.7. The van der Waals surface area contributed by atoms with Crippen molar-refractivity contribution in [3.63, 3.8) is 0 Å². The average molecular weight is 543 g/mol. The first-order valence-corrected chi connectivity index (χ1v) is 12.5. The van der Waals surface area contributed by atoms with E-state index in [1.807, 2.05) is 6.07 Å². The molecule has 6 rings (SSSR count). The van der Waals surface area contributed by atoms with Crippen molar-refractivity contribution in [2.45, 2.75) is 51.2 Å². The number of benzene rings is 1. The molecule has 40 heavy (non-hydrogen) atoms. The van der Waals surface area contributed by atoms with E-state index >= 15 is 4.39 Å². The summed E-state index contributed by atoms with van der Waals surface area (Å²) < 4.78 is 29.0. The molecule has 0 radical (unpaired) electrons. The van der Waals surface area contributed by atoms with Crippen LogP contribution in [0.15, 0.2) is 35.5 Å². The number of hydrogen-bond donors (Lipinski definition) is 0. The van der Waals surface area contributed by atoms with Crippen molar-refractivity contribution in [2.24, 2.45) is 7.05 Å². The molecule has 3 aromatic heterocycles. The number of Topliss-reactive ketones (excluding diaryl/α,β-unsaturated/α-hetero) is 1. The number of aromatic nitrogens is 5. The van der Waals surface area contributed by atoms with Crippen LogP contribution in [0.25, 0.3) is 33.3 Å². The van der Waals surface area contributed by atoms with E-state index in [1.165, 1.54) is 23.3 Å². The number of nitriles is 1. The molecule has 11 nitrogen and oxygen atoms in total. The van der Waals surface area contributed by atoms with Crippen LogP contribution in [0.3, 0.4) is 0 Å². The molecule has 1 aliphatic heterocycles. The molecule has 0 amide bonds. The second kappa shape index (κ2) is 8.54. The average Bonchev–Trinajstić information content (AvgIpc) is 3.52. The summed E-state index contributed by atoms with van der Waals surface area (Å²) in [4.78, 5) is 42.5. The van der Waals surface area contributed by atoms with Crippen LogP contribution in [0.5, 0.6) is 5.75 Å². The minimum atomic E-state index is -0.918. The van der Waals surface area contributed by atoms with Crippen LogP contribution in [-0.4, -0.2) is 47.6 Å². The molecule has 0 unspecified atom stereocenters. The van der Waals surface area contributed by atoms with E-state index in [-0.39, 0.29) is 45.7 Å². The van der Waals surface area contributed by atoms with Crippen LogP contribution in [0.1, 0.15) is 56.0 Å². The number of ketones is 1. The van der Waals surface area contributed by atoms with E-state index in [0.717, 1.165) is 6.07 Å². The van der Waals surface area contributed by atoms with Crippen molar-refractivity contribution in [1.29, 1.82) is 5.26 Å². The number of carbonyl (C=O) groups is 2. The predicted octanol–water partition coefficient (Wildman–Crippen LogP) is 4.15. The summed E-state index contributed by atoms with van der Waals surface area (Å²) in [7, 11) is 1.59. The summed E-state index contributed by atoms with van der Waals surface area (Å²) in [5.41, 5.74) is -1.33. The lowest BCUT2D eigenvalue weighted by atomic mass is 9.91. The van der Waals surface area contributed by atoms with Crippen molar-refractivity contribution in [3.05, 3.63) is 58.0 Å². The van der Waals surface area contributed by atoms with E-state index in [4.69, 9.17) is 9.47 Å². The smallest absolute Gasteiger partial charge is 0.438 e. The highest BCUT2D eigenvalue weighted by molar-refractivity contribution is 6.03. The minimum Gasteiger partial charge on any atom is -0.485 e. The number of rotatable bonds is 2. The van der Waals surface area contributed by atoms with Crippen LogP contribution in [-0.2, 0) is 11.8 Å². The van der Waals surface area contributed by atoms with E-state index in [0.29, 0.717) is 34.2 Å². The molecule has 0 N–H and O–H groups in total. The van der Waals surface area contributed by atoms with Gasteiger partial charge in [0.15, 0.2) is 5.78 Å². The molecule has 202 valence electrons. The maximum absolute atomic E-state index is 15.7. The second-order valence-corrected chi connectivity index (χ2v) is 11.0. The molecule has 2 aliphatic rings. The fourth-order valence-electron chi connectivity index (χ4n) is 4.89. The number of ether oxygens (including phenoxy) is 2. The SMILES string of the molecule is Cn1ncc(-c2cc3cnn(C(=O)OC(C)(C)C)c(=O)c3cn2)c1-c1c(F)cc2c(c1C#N)OC1(CC1)CC2=O. The third-order valence-electron chi connectivity index (χ3n) is 6.94. The Morgan fingerprint density at radius 1 is 1.15 bits per heavy atom. The molecular weight excluding hydrogens is 519 g/mol. The monoisotopic (exact) mass is 542 g/mol. The Balaban J connectivity index is 1.48. The van der Waals surface area contributed by atoms with Crippen molar-refractivity contribution < 1.29 is 23.5 Å². The zero-order valence-electron chi connectivity index (χ0n) is 22.1. The summed E-state index contributed by atoms with van der Waals surface area (Å²) in [6.45, 7) is 5.02. The Morgan fingerprint density at radius 3 is 2.58 bits per heavy atom. The summed E-state index contributed by atoms with van der Waals surface area (Å²) >= 11 is 0. The molecule has 0 saturated heterocycles. The minimum absolute atomic E-state index is 0.0511. The molecule has 1 aliphatic carbocycles. The van der Waals surface area contributed by atoms with Gasteiger partial charge in [-0.2, -0.15) is 15.5 Å². The summed E-state index contributed by atoms with van der Waals surface area (Å²) in [6.07, 6.45) is 4.71. The largest absolute Gasteiger partial charge is 0.485 e. The molecule has 4 heterocycles. The topological polar surface area (TPSA) is 142 Å². The van der Waals surface area contributed by atoms with Gasteiger partial charge in [-0.1, -0.05) is 0 Å². The van der Waals surface area contributed by atoms with Gasteiger partial charge in [0.2, 0.25) is 0 Å². The lowest BCUT2D eigenvalue weighted by Gasteiger charge is -2.27. The lowest BCUT2D eigenvalue weighted by Crippen LogP contribution is -2.35. The number of carbonyl (C=O) groups excluding carboxylic acids is 2. The fraction of sp³-hybridized carbons (Fsp3) is 0.321. The van der Waals surface area contributed by atoms with Crippen LogP contribution >= 0.6 is 0 Å². The summed E-state index contributed by atoms with van der Waals surface area (Å²) in [5, 5.41) is 18.8. The Kier molecular flexibility index (Phi) is 5.42. The number of fused-ring (bicyclic) bond motifs is 2. The molecule has 4 aromatic rings. The van der Waals surface area contributed by atoms with Gasteiger partial charge in [-0.05, 0) is 45.7 Å². The zero-order chi connectivity index (χ0) is 28.6. The molecule has 1 spiro atoms. The number of nitrogens with zero attached hydrogens (tertiary/aromatic N) is 6. The number of halogens is 1. The van der Waals surface area contributed by atoms with Gasteiger partial charge in [0.1, 0.15) is 34.4 Å². The predicted molar refractivity (Wildman–Crippen MR) is 139 cm³/mol. The zero-order valence-corrected chi connectivity index (χ0v) is 22.1. The van der Waals surface area contributed by atoms with Gasteiger partial charge in [-0.15, -0.1) is 4.68 Å². The van der Waals surface area contributed by atoms with Gasteiger partial charge in [0.25, 0.3) is 5.56 Å². The molecule has 1 saturated carbocycles. The standard InChI is InChI=1S/C28H23FN6O5/c1-27(2,3)40-26(38)35-25(37)17-12-31-20(7-14(17)11-33-35)18-13-32-34(4)23(18)22-16(10-30)24-15(8-19(22)29)21(36)9-28(39-24)5-6-28/h7-8,11-13H,5-6,9H2,1-4H3. The first kappa shape index (κ1) is 25.4. The normalized spacial score (nSPS) is 15.4. The van der Waals surface area contributed by atoms with Gasteiger partial charge in [0.05, 0.1) is 46.7 Å². The lowest BCUT2D eigenvalue weighted by molar-refractivity contribution is 0.0506. The quantitative estimate of drug-likeness (QED) is 0.365. The van der Waals surface area contributed by atoms with E-state index in [2.05, 4.69) is 15.2 Å². The highest BCUT2D eigenvalue weighted by Crippen LogP contribution is 2.51. The summed E-state index contributed by atoms with van der Waals surface area (Å²) in [5.74, 6) is -0.948. The van der Waals surface area contributed by atoms with Gasteiger partial charge in [-0.3, -0.25) is 19.3 Å². The van der Waals surface area contributed by atoms with Crippen LogP contribution < -0.4 is 10.3 Å². The molecule has 0 atom stereocenters. The maximum Gasteiger partial charge on any atom is 0.438 e. The van der Waals surface area contributed by atoms with Gasteiger partial charge in [-0.25, -0.2) is 9.18 Å². The van der Waals surface area contributed by atoms with Crippen molar-refractivity contribution in [1.82, 2.24) is 24.5 Å². The first-order valence-electron chi connectivity index (χ1n) is 12.5. The van der Waals surface area contributed by atoms with Crippen LogP contribution in [0.4, 0.5) is 9.18 Å².